The van der Waals surface area contributed by atoms with Crippen molar-refractivity contribution >= 4 is 34.7 Å². The molecular formula is C16H10F3N6O4-. The Hall–Kier alpha value is -4.03. The van der Waals surface area contributed by atoms with E-state index in [1.54, 1.807) is 0 Å². The van der Waals surface area contributed by atoms with E-state index in [9.17, 15) is 32.7 Å². The Bertz CT molecular complexity index is 1160. The van der Waals surface area contributed by atoms with Crippen LogP contribution in [0.5, 0.6) is 0 Å². The number of fused-ring (bicyclic) bond motifs is 1. The van der Waals surface area contributed by atoms with Crippen LogP contribution in [0.15, 0.2) is 35.3 Å². The number of carboxylic acids is 1. The van der Waals surface area contributed by atoms with Crippen LogP contribution in [-0.2, 0) is 11.3 Å². The van der Waals surface area contributed by atoms with Crippen LogP contribution < -0.4 is 21.3 Å². The molecule has 0 atom stereocenters. The summed E-state index contributed by atoms with van der Waals surface area (Å²) in [5, 5.41) is 10.8. The van der Waals surface area contributed by atoms with Gasteiger partial charge in [-0.25, -0.2) is 9.97 Å². The first-order valence-corrected chi connectivity index (χ1v) is 7.78. The predicted molar refractivity (Wildman–Crippen MR) is 90.4 cm³/mol. The van der Waals surface area contributed by atoms with E-state index in [-0.39, 0.29) is 34.1 Å². The van der Waals surface area contributed by atoms with Gasteiger partial charge in [-0.2, -0.15) is 18.2 Å². The van der Waals surface area contributed by atoms with Gasteiger partial charge in [0.05, 0.1) is 24.4 Å². The summed E-state index contributed by atoms with van der Waals surface area (Å²) >= 11 is 0. The first kappa shape index (κ1) is 19.7. The highest BCUT2D eigenvalue weighted by molar-refractivity contribution is 5.97. The number of hydrogen-bond acceptors (Lipinski definition) is 8. The Labute approximate surface area is 158 Å². The molecule has 10 nitrogen and oxygen atoms in total. The van der Waals surface area contributed by atoms with Crippen LogP contribution in [0.25, 0.3) is 11.2 Å². The minimum atomic E-state index is -5.22. The molecule has 0 spiro atoms. The maximum Gasteiger partial charge on any atom is 0.471 e. The lowest BCUT2D eigenvalue weighted by Crippen LogP contribution is -2.41. The quantitative estimate of drug-likeness (QED) is 0.599. The number of aromatic nitrogens is 4. The molecule has 1 amide bonds. The third-order valence-corrected chi connectivity index (χ3v) is 3.71. The normalized spacial score (nSPS) is 11.4. The number of rotatable bonds is 4. The van der Waals surface area contributed by atoms with E-state index in [2.05, 4.69) is 19.9 Å². The van der Waals surface area contributed by atoms with Gasteiger partial charge in [-0.05, 0) is 17.7 Å². The van der Waals surface area contributed by atoms with Gasteiger partial charge in [0.25, 0.3) is 5.56 Å². The number of nitrogens with two attached hydrogens (primary N) is 1. The van der Waals surface area contributed by atoms with E-state index in [0.29, 0.717) is 4.90 Å². The average Bonchev–Trinajstić information content (AvgIpc) is 2.65. The van der Waals surface area contributed by atoms with Crippen molar-refractivity contribution in [3.8, 4) is 0 Å². The van der Waals surface area contributed by atoms with Gasteiger partial charge in [-0.15, -0.1) is 0 Å². The first-order valence-electron chi connectivity index (χ1n) is 7.78. The van der Waals surface area contributed by atoms with Gasteiger partial charge in [0, 0.05) is 5.69 Å². The number of carboxylic acid groups (broad SMARTS) is 1. The van der Waals surface area contributed by atoms with Gasteiger partial charge in [-0.3, -0.25) is 19.5 Å². The number of H-pyrrole nitrogens is 1. The molecule has 0 unspecified atom stereocenters. The van der Waals surface area contributed by atoms with E-state index in [1.165, 1.54) is 0 Å². The van der Waals surface area contributed by atoms with Crippen LogP contribution in [-0.4, -0.2) is 38.0 Å². The summed E-state index contributed by atoms with van der Waals surface area (Å²) in [6.07, 6.45) is -4.18. The Morgan fingerprint density at radius 1 is 1.17 bits per heavy atom. The fourth-order valence-corrected chi connectivity index (χ4v) is 2.42. The molecular weight excluding hydrogens is 397 g/mol. The van der Waals surface area contributed by atoms with Crippen molar-refractivity contribution in [3.05, 3.63) is 52.1 Å². The van der Waals surface area contributed by atoms with Crippen LogP contribution in [0.3, 0.4) is 0 Å². The molecule has 2 heterocycles. The smallest absolute Gasteiger partial charge is 0.471 e. The number of alkyl halides is 3. The van der Waals surface area contributed by atoms with Crippen molar-refractivity contribution in [2.24, 2.45) is 0 Å². The van der Waals surface area contributed by atoms with Crippen molar-refractivity contribution in [1.29, 1.82) is 0 Å². The van der Waals surface area contributed by atoms with Crippen LogP contribution >= 0.6 is 0 Å². The molecule has 13 heteroatoms. The highest BCUT2D eigenvalue weighted by Gasteiger charge is 2.43. The molecule has 0 aliphatic rings. The first-order chi connectivity index (χ1) is 13.6. The maximum atomic E-state index is 13.0. The lowest BCUT2D eigenvalue weighted by atomic mass is 10.2. The third-order valence-electron chi connectivity index (χ3n) is 3.71. The number of benzene rings is 1. The van der Waals surface area contributed by atoms with E-state index in [1.807, 2.05) is 0 Å². The fourth-order valence-electron chi connectivity index (χ4n) is 2.42. The van der Waals surface area contributed by atoms with E-state index in [0.717, 1.165) is 30.5 Å². The van der Waals surface area contributed by atoms with Crippen LogP contribution in [0.4, 0.5) is 24.8 Å². The molecule has 0 saturated carbocycles. The molecule has 3 N–H and O–H groups in total. The molecule has 0 aliphatic carbocycles. The number of nitrogens with zero attached hydrogens (tertiary/aromatic N) is 4. The zero-order chi connectivity index (χ0) is 21.3. The molecule has 0 aliphatic heterocycles. The fraction of sp³-hybridized carbons (Fsp3) is 0.125. The van der Waals surface area contributed by atoms with Crippen LogP contribution in [0, 0.1) is 0 Å². The molecule has 0 fully saturated rings. The second-order valence-electron chi connectivity index (χ2n) is 5.71. The minimum absolute atomic E-state index is 0.123. The number of carbonyl (C=O) groups is 2. The Morgan fingerprint density at radius 3 is 2.41 bits per heavy atom. The summed E-state index contributed by atoms with van der Waals surface area (Å²) in [7, 11) is 0. The summed E-state index contributed by atoms with van der Waals surface area (Å²) in [6.45, 7) is -0.699. The summed E-state index contributed by atoms with van der Waals surface area (Å²) in [4.78, 5) is 48.6. The summed E-state index contributed by atoms with van der Waals surface area (Å²) in [5.74, 6) is -3.96. The maximum absolute atomic E-state index is 13.0. The zero-order valence-electron chi connectivity index (χ0n) is 14.2. The minimum Gasteiger partial charge on any atom is -0.545 e. The van der Waals surface area contributed by atoms with Gasteiger partial charge in [0.15, 0.2) is 11.2 Å². The Balaban J connectivity index is 2.03. The van der Waals surface area contributed by atoms with Crippen LogP contribution in [0.2, 0.25) is 0 Å². The number of anilines is 2. The van der Waals surface area contributed by atoms with Gasteiger partial charge < -0.3 is 15.6 Å². The second-order valence-corrected chi connectivity index (χ2v) is 5.71. The molecule has 150 valence electrons. The largest absolute Gasteiger partial charge is 0.545 e. The second kappa shape index (κ2) is 7.18. The summed E-state index contributed by atoms with van der Waals surface area (Å²) in [5.41, 5.74) is 3.56. The lowest BCUT2D eigenvalue weighted by Gasteiger charge is -2.23. The number of aromatic carboxylic acids is 1. The van der Waals surface area contributed by atoms with E-state index < -0.39 is 30.2 Å². The van der Waals surface area contributed by atoms with Crippen molar-refractivity contribution < 1.29 is 27.9 Å². The Morgan fingerprint density at radius 2 is 1.83 bits per heavy atom. The Kier molecular flexibility index (Phi) is 4.88. The number of halogens is 3. The predicted octanol–water partition coefficient (Wildman–Crippen LogP) is -0.246. The molecule has 0 bridgehead atoms. The number of hydrogen-bond donors (Lipinski definition) is 2. The van der Waals surface area contributed by atoms with Crippen molar-refractivity contribution in [2.45, 2.75) is 12.7 Å². The van der Waals surface area contributed by atoms with Gasteiger partial charge in [0.2, 0.25) is 5.95 Å². The number of amides is 1. The standard InChI is InChI=1S/C16H11F3N6O4/c17-16(18,19)14(29)25(9-3-1-7(2-4-9)13(27)28)6-8-5-21-11-10(22-8)12(26)24-15(20)23-11/h1-5H,6H2,(H,27,28)(H3,20,21,23,24,26)/p-1. The topological polar surface area (TPSA) is 158 Å². The molecule has 0 radical (unpaired) electrons. The number of nitrogen functional groups attached to an aromatic ring is 1. The molecule has 0 saturated heterocycles. The van der Waals surface area contributed by atoms with E-state index >= 15 is 0 Å². The molecule has 1 aromatic carbocycles. The zero-order valence-corrected chi connectivity index (χ0v) is 14.2. The summed E-state index contributed by atoms with van der Waals surface area (Å²) in [6, 6.07) is 4.01. The van der Waals surface area contributed by atoms with Crippen LogP contribution in [0.1, 0.15) is 16.1 Å². The van der Waals surface area contributed by atoms with Crippen molar-refractivity contribution in [3.63, 3.8) is 0 Å². The molecule has 3 rings (SSSR count). The van der Waals surface area contributed by atoms with Gasteiger partial charge >= 0.3 is 12.1 Å². The highest BCUT2D eigenvalue weighted by Crippen LogP contribution is 2.25. The van der Waals surface area contributed by atoms with Gasteiger partial charge in [0.1, 0.15) is 0 Å². The number of aromatic amines is 1. The third kappa shape index (κ3) is 4.12. The van der Waals surface area contributed by atoms with E-state index in [4.69, 9.17) is 5.73 Å². The molecule has 29 heavy (non-hydrogen) atoms. The van der Waals surface area contributed by atoms with Gasteiger partial charge in [-0.1, -0.05) is 12.1 Å². The molecule has 3 aromatic rings. The molecule has 2 aromatic heterocycles. The van der Waals surface area contributed by atoms with Crippen molar-refractivity contribution in [2.75, 3.05) is 10.6 Å². The number of carbonyl (C=O) groups excluding carboxylic acids is 2. The summed E-state index contributed by atoms with van der Waals surface area (Å²) < 4.78 is 39.1. The lowest BCUT2D eigenvalue weighted by molar-refractivity contribution is -0.255. The highest BCUT2D eigenvalue weighted by atomic mass is 19.4. The van der Waals surface area contributed by atoms with Crippen molar-refractivity contribution in [1.82, 2.24) is 19.9 Å². The number of nitrogens with one attached hydrogen (secondary N) is 1. The SMILES string of the molecule is Nc1nc2ncc(CN(C(=O)C(F)(F)F)c3ccc(C(=O)[O-])cc3)nc2c(=O)[nH]1. The average molecular weight is 407 g/mol. The monoisotopic (exact) mass is 407 g/mol.